The van der Waals surface area contributed by atoms with E-state index in [0.717, 1.165) is 5.00 Å². The van der Waals surface area contributed by atoms with Crippen molar-refractivity contribution in [2.45, 2.75) is 6.18 Å². The molecule has 12 heteroatoms. The van der Waals surface area contributed by atoms with Gasteiger partial charge in [0.2, 0.25) is 5.82 Å². The third-order valence-corrected chi connectivity index (χ3v) is 5.10. The Kier molecular flexibility index (Phi) is 5.09. The Morgan fingerprint density at radius 1 is 1.17 bits per heavy atom. The molecule has 1 aliphatic heterocycles. The van der Waals surface area contributed by atoms with Crippen LogP contribution in [0.3, 0.4) is 0 Å². The van der Waals surface area contributed by atoms with Gasteiger partial charge in [0.25, 0.3) is 0 Å². The average molecular weight is 424 g/mol. The highest BCUT2D eigenvalue weighted by molar-refractivity contribution is 7.14. The number of hydrogen-bond acceptors (Lipinski definition) is 7. The van der Waals surface area contributed by atoms with Crippen molar-refractivity contribution in [3.63, 3.8) is 0 Å². The van der Waals surface area contributed by atoms with E-state index in [1.165, 1.54) is 17.5 Å². The van der Waals surface area contributed by atoms with Crippen molar-refractivity contribution in [1.29, 1.82) is 0 Å². The van der Waals surface area contributed by atoms with E-state index in [9.17, 15) is 18.0 Å². The summed E-state index contributed by atoms with van der Waals surface area (Å²) in [7, 11) is 0. The molecule has 1 saturated heterocycles. The Morgan fingerprint density at radius 2 is 1.97 bits per heavy atom. The van der Waals surface area contributed by atoms with Crippen molar-refractivity contribution in [2.75, 3.05) is 36.4 Å². The van der Waals surface area contributed by atoms with Crippen LogP contribution in [-0.4, -0.2) is 52.2 Å². The maximum absolute atomic E-state index is 12.6. The van der Waals surface area contributed by atoms with Crippen LogP contribution in [0.15, 0.2) is 40.4 Å². The number of thiophene rings is 1. The number of amides is 2. The number of urea groups is 1. The second kappa shape index (κ2) is 7.70. The molecule has 1 N–H and O–H groups in total. The third-order valence-electron chi connectivity index (χ3n) is 4.32. The number of carbonyl (C=O) groups excluding carboxylic acids is 1. The maximum atomic E-state index is 12.6. The predicted molar refractivity (Wildman–Crippen MR) is 99.7 cm³/mol. The van der Waals surface area contributed by atoms with Gasteiger partial charge in [-0.2, -0.15) is 18.2 Å². The first-order valence-corrected chi connectivity index (χ1v) is 9.50. The molecule has 0 radical (unpaired) electrons. The fourth-order valence-corrected chi connectivity index (χ4v) is 3.44. The van der Waals surface area contributed by atoms with Crippen LogP contribution in [0, 0.1) is 0 Å². The minimum Gasteiger partial charge on any atom is -0.353 e. The van der Waals surface area contributed by atoms with Gasteiger partial charge in [-0.25, -0.2) is 9.78 Å². The van der Waals surface area contributed by atoms with Crippen LogP contribution in [0.1, 0.15) is 5.89 Å². The van der Waals surface area contributed by atoms with Crippen LogP contribution in [0.4, 0.5) is 28.8 Å². The number of halogens is 3. The Labute approximate surface area is 167 Å². The number of nitrogens with one attached hydrogen (secondary N) is 1. The second-order valence-electron chi connectivity index (χ2n) is 6.21. The summed E-state index contributed by atoms with van der Waals surface area (Å²) in [6, 6.07) is 6.83. The van der Waals surface area contributed by atoms with Gasteiger partial charge in [-0.1, -0.05) is 5.16 Å². The maximum Gasteiger partial charge on any atom is 0.471 e. The topological polar surface area (TPSA) is 87.4 Å². The highest BCUT2D eigenvalue weighted by Crippen LogP contribution is 2.29. The van der Waals surface area contributed by atoms with Gasteiger partial charge in [-0.05, 0) is 29.6 Å². The van der Waals surface area contributed by atoms with E-state index in [0.29, 0.717) is 37.6 Å². The lowest BCUT2D eigenvalue weighted by Gasteiger charge is -2.35. The molecule has 2 amide bonds. The van der Waals surface area contributed by atoms with Gasteiger partial charge >= 0.3 is 18.1 Å². The monoisotopic (exact) mass is 424 g/mol. The molecule has 0 unspecified atom stereocenters. The Hall–Kier alpha value is -3.15. The van der Waals surface area contributed by atoms with Crippen LogP contribution in [0.25, 0.3) is 11.4 Å². The largest absolute Gasteiger partial charge is 0.471 e. The van der Waals surface area contributed by atoms with E-state index >= 15 is 0 Å². The van der Waals surface area contributed by atoms with Crippen LogP contribution < -0.4 is 10.2 Å². The third kappa shape index (κ3) is 4.31. The molecule has 3 aromatic heterocycles. The number of hydrogen-bond donors (Lipinski definition) is 1. The summed E-state index contributed by atoms with van der Waals surface area (Å²) in [5.74, 6) is -0.911. The minimum atomic E-state index is -4.69. The molecule has 8 nitrogen and oxygen atoms in total. The van der Waals surface area contributed by atoms with E-state index in [4.69, 9.17) is 0 Å². The SMILES string of the molecule is O=C(Nc1cccs1)N1CCN(c2ccc(-c3noc(C(F)(F)F)n3)cn2)CC1. The lowest BCUT2D eigenvalue weighted by Crippen LogP contribution is -2.50. The molecule has 0 spiro atoms. The molecule has 152 valence electrons. The summed E-state index contributed by atoms with van der Waals surface area (Å²) < 4.78 is 41.9. The zero-order valence-electron chi connectivity index (χ0n) is 14.9. The lowest BCUT2D eigenvalue weighted by molar-refractivity contribution is -0.159. The zero-order valence-corrected chi connectivity index (χ0v) is 15.7. The number of carbonyl (C=O) groups is 1. The van der Waals surface area contributed by atoms with Crippen molar-refractivity contribution in [3.8, 4) is 11.4 Å². The second-order valence-corrected chi connectivity index (χ2v) is 7.16. The Balaban J connectivity index is 1.35. The van der Waals surface area contributed by atoms with Gasteiger partial charge in [0, 0.05) is 37.9 Å². The number of rotatable bonds is 3. The summed E-state index contributed by atoms with van der Waals surface area (Å²) in [6.45, 7) is 2.23. The van der Waals surface area contributed by atoms with Crippen molar-refractivity contribution in [2.24, 2.45) is 0 Å². The summed E-state index contributed by atoms with van der Waals surface area (Å²) in [5, 5.41) is 8.88. The Morgan fingerprint density at radius 3 is 2.55 bits per heavy atom. The number of nitrogens with zero attached hydrogens (tertiary/aromatic N) is 5. The lowest BCUT2D eigenvalue weighted by atomic mass is 10.2. The fraction of sp³-hybridized carbons (Fsp3) is 0.294. The number of aromatic nitrogens is 3. The number of pyridine rings is 1. The van der Waals surface area contributed by atoms with Crippen molar-refractivity contribution < 1.29 is 22.5 Å². The first-order chi connectivity index (χ1) is 13.9. The van der Waals surface area contributed by atoms with Gasteiger partial charge in [0.05, 0.1) is 5.00 Å². The van der Waals surface area contributed by atoms with Crippen LogP contribution in [-0.2, 0) is 6.18 Å². The van der Waals surface area contributed by atoms with E-state index in [1.54, 1.807) is 17.0 Å². The fourth-order valence-electron chi connectivity index (χ4n) is 2.83. The van der Waals surface area contributed by atoms with Gasteiger partial charge in [0.1, 0.15) is 5.82 Å². The highest BCUT2D eigenvalue weighted by Gasteiger charge is 2.38. The number of piperazine rings is 1. The standard InChI is InChI=1S/C17H15F3N6O2S/c18-17(19,20)15-23-14(24-28-15)11-3-4-12(21-10-11)25-5-7-26(8-6-25)16(27)22-13-2-1-9-29-13/h1-4,9-10H,5-8H2,(H,22,27). The van der Waals surface area contributed by atoms with Crippen molar-refractivity contribution in [3.05, 3.63) is 41.7 Å². The molecule has 4 heterocycles. The van der Waals surface area contributed by atoms with E-state index < -0.39 is 12.1 Å². The molecule has 1 aliphatic rings. The van der Waals surface area contributed by atoms with Gasteiger partial charge in [-0.3, -0.25) is 5.32 Å². The molecule has 0 aromatic carbocycles. The van der Waals surface area contributed by atoms with E-state index in [1.807, 2.05) is 22.4 Å². The molecule has 0 bridgehead atoms. The van der Waals surface area contributed by atoms with E-state index in [-0.39, 0.29) is 11.9 Å². The van der Waals surface area contributed by atoms with Crippen LogP contribution in [0.2, 0.25) is 0 Å². The first kappa shape index (κ1) is 19.2. The van der Waals surface area contributed by atoms with Gasteiger partial charge < -0.3 is 14.3 Å². The molecule has 3 aromatic rings. The summed E-state index contributed by atoms with van der Waals surface area (Å²) >= 11 is 1.46. The van der Waals surface area contributed by atoms with E-state index in [2.05, 4.69) is 25.0 Å². The number of anilines is 2. The normalized spacial score (nSPS) is 14.9. The zero-order chi connectivity index (χ0) is 20.4. The quantitative estimate of drug-likeness (QED) is 0.692. The summed E-state index contributed by atoms with van der Waals surface area (Å²) in [4.78, 5) is 23.6. The molecule has 0 atom stereocenters. The predicted octanol–water partition coefficient (Wildman–Crippen LogP) is 3.57. The highest BCUT2D eigenvalue weighted by atomic mass is 32.1. The average Bonchev–Trinajstić information content (AvgIpc) is 3.40. The molecule has 4 rings (SSSR count). The van der Waals surface area contributed by atoms with Crippen LogP contribution in [0.5, 0.6) is 0 Å². The van der Waals surface area contributed by atoms with Crippen molar-refractivity contribution >= 4 is 28.2 Å². The molecular formula is C17H15F3N6O2S. The number of alkyl halides is 3. The summed E-state index contributed by atoms with van der Waals surface area (Å²) in [6.07, 6.45) is -3.29. The van der Waals surface area contributed by atoms with Gasteiger partial charge in [-0.15, -0.1) is 11.3 Å². The van der Waals surface area contributed by atoms with Crippen LogP contribution >= 0.6 is 11.3 Å². The molecule has 1 fully saturated rings. The molecule has 29 heavy (non-hydrogen) atoms. The Bertz CT molecular complexity index is 966. The summed E-state index contributed by atoms with van der Waals surface area (Å²) in [5.41, 5.74) is 0.321. The smallest absolute Gasteiger partial charge is 0.353 e. The van der Waals surface area contributed by atoms with Crippen molar-refractivity contribution in [1.82, 2.24) is 20.0 Å². The molecular weight excluding hydrogens is 409 g/mol. The first-order valence-electron chi connectivity index (χ1n) is 8.62. The molecule has 0 saturated carbocycles. The van der Waals surface area contributed by atoms with Gasteiger partial charge in [0.15, 0.2) is 0 Å². The minimum absolute atomic E-state index is 0.145. The molecule has 0 aliphatic carbocycles.